The van der Waals surface area contributed by atoms with Crippen LogP contribution in [0.5, 0.6) is 0 Å². The fourth-order valence-electron chi connectivity index (χ4n) is 1.05. The van der Waals surface area contributed by atoms with Crippen molar-refractivity contribution < 1.29 is 22.7 Å². The normalized spacial score (nSPS) is 9.41. The lowest BCUT2D eigenvalue weighted by atomic mass is 10.2. The van der Waals surface area contributed by atoms with Gasteiger partial charge in [-0.2, -0.15) is 0 Å². The van der Waals surface area contributed by atoms with E-state index >= 15 is 0 Å². The van der Waals surface area contributed by atoms with Crippen LogP contribution in [-0.2, 0) is 11.3 Å². The van der Waals surface area contributed by atoms with Gasteiger partial charge in [-0.15, -0.1) is 24.0 Å². The molecular weight excluding hydrogens is 350 g/mol. The number of nitrogens with one attached hydrogen (secondary N) is 1. The average molecular weight is 361 g/mol. The van der Waals surface area contributed by atoms with Crippen molar-refractivity contribution in [2.45, 2.75) is 13.5 Å². The van der Waals surface area contributed by atoms with Crippen molar-refractivity contribution in [2.24, 2.45) is 0 Å². The zero-order valence-corrected chi connectivity index (χ0v) is 11.3. The summed E-state index contributed by atoms with van der Waals surface area (Å²) in [5, 5.41) is 2.20. The Kier molecular flexibility index (Phi) is 6.93. The van der Waals surface area contributed by atoms with Gasteiger partial charge in [0, 0.05) is 18.2 Å². The van der Waals surface area contributed by atoms with E-state index in [9.17, 15) is 18.0 Å². The SMILES string of the molecule is CCOC(=O)NCc1cc(F)c(F)cc1F.I. The number of hydrogen-bond donors (Lipinski definition) is 1. The van der Waals surface area contributed by atoms with Gasteiger partial charge in [-0.3, -0.25) is 0 Å². The Morgan fingerprint density at radius 1 is 1.24 bits per heavy atom. The smallest absolute Gasteiger partial charge is 0.407 e. The first-order valence-corrected chi connectivity index (χ1v) is 4.58. The zero-order valence-electron chi connectivity index (χ0n) is 8.93. The topological polar surface area (TPSA) is 38.3 Å². The van der Waals surface area contributed by atoms with E-state index in [0.717, 1.165) is 0 Å². The van der Waals surface area contributed by atoms with Gasteiger partial charge in [0.05, 0.1) is 6.61 Å². The van der Waals surface area contributed by atoms with Gasteiger partial charge in [0.15, 0.2) is 11.6 Å². The molecule has 0 saturated heterocycles. The second-order valence-corrected chi connectivity index (χ2v) is 2.93. The minimum Gasteiger partial charge on any atom is -0.450 e. The standard InChI is InChI=1S/C10H10F3NO2.HI/c1-2-16-10(15)14-5-6-3-8(12)9(13)4-7(6)11;/h3-4H,2,5H2,1H3,(H,14,15);1H. The summed E-state index contributed by atoms with van der Waals surface area (Å²) in [4.78, 5) is 10.9. The molecule has 0 saturated carbocycles. The molecule has 3 nitrogen and oxygen atoms in total. The van der Waals surface area contributed by atoms with E-state index in [2.05, 4.69) is 10.1 Å². The van der Waals surface area contributed by atoms with Crippen molar-refractivity contribution in [2.75, 3.05) is 6.61 Å². The minimum absolute atomic E-state index is 0. The summed E-state index contributed by atoms with van der Waals surface area (Å²) in [6.45, 7) is 1.52. The average Bonchev–Trinajstić information content (AvgIpc) is 2.22. The maximum absolute atomic E-state index is 13.1. The molecule has 1 N–H and O–H groups in total. The van der Waals surface area contributed by atoms with Gasteiger partial charge >= 0.3 is 6.09 Å². The van der Waals surface area contributed by atoms with E-state index in [0.29, 0.717) is 12.1 Å². The van der Waals surface area contributed by atoms with Crippen LogP contribution in [0.25, 0.3) is 0 Å². The maximum Gasteiger partial charge on any atom is 0.407 e. The largest absolute Gasteiger partial charge is 0.450 e. The second kappa shape index (κ2) is 7.36. The Morgan fingerprint density at radius 3 is 2.41 bits per heavy atom. The quantitative estimate of drug-likeness (QED) is 0.664. The first kappa shape index (κ1) is 16.0. The summed E-state index contributed by atoms with van der Waals surface area (Å²) in [6.07, 6.45) is -0.744. The summed E-state index contributed by atoms with van der Waals surface area (Å²) >= 11 is 0. The lowest BCUT2D eigenvalue weighted by Gasteiger charge is -2.06. The minimum atomic E-state index is -1.27. The maximum atomic E-state index is 13.1. The second-order valence-electron chi connectivity index (χ2n) is 2.93. The van der Waals surface area contributed by atoms with E-state index in [-0.39, 0.29) is 42.7 Å². The molecule has 0 bridgehead atoms. The van der Waals surface area contributed by atoms with Crippen LogP contribution in [0.1, 0.15) is 12.5 Å². The molecule has 0 fully saturated rings. The summed E-state index contributed by atoms with van der Waals surface area (Å²) in [7, 11) is 0. The van der Waals surface area contributed by atoms with Crippen molar-refractivity contribution in [3.63, 3.8) is 0 Å². The van der Waals surface area contributed by atoms with E-state index < -0.39 is 23.5 Å². The number of halogens is 4. The highest BCUT2D eigenvalue weighted by Gasteiger charge is 2.10. The number of benzene rings is 1. The van der Waals surface area contributed by atoms with Gasteiger partial charge in [-0.1, -0.05) is 0 Å². The molecule has 0 radical (unpaired) electrons. The third-order valence-electron chi connectivity index (χ3n) is 1.79. The number of rotatable bonds is 3. The van der Waals surface area contributed by atoms with Crippen LogP contribution in [0.15, 0.2) is 12.1 Å². The van der Waals surface area contributed by atoms with Crippen molar-refractivity contribution in [1.82, 2.24) is 5.32 Å². The van der Waals surface area contributed by atoms with Crippen molar-refractivity contribution in [3.8, 4) is 0 Å². The Hall–Kier alpha value is -0.990. The Morgan fingerprint density at radius 2 is 1.82 bits per heavy atom. The lowest BCUT2D eigenvalue weighted by molar-refractivity contribution is 0.151. The fourth-order valence-corrected chi connectivity index (χ4v) is 1.05. The van der Waals surface area contributed by atoms with Crippen LogP contribution in [-0.4, -0.2) is 12.7 Å². The van der Waals surface area contributed by atoms with Crippen LogP contribution in [0, 0.1) is 17.5 Å². The zero-order chi connectivity index (χ0) is 12.1. The van der Waals surface area contributed by atoms with Gasteiger partial charge in [-0.05, 0) is 13.0 Å². The van der Waals surface area contributed by atoms with Gasteiger partial charge in [0.2, 0.25) is 0 Å². The van der Waals surface area contributed by atoms with Gasteiger partial charge in [-0.25, -0.2) is 18.0 Å². The van der Waals surface area contributed by atoms with Crippen LogP contribution < -0.4 is 5.32 Å². The molecule has 1 rings (SSSR count). The predicted molar refractivity (Wildman–Crippen MR) is 65.6 cm³/mol. The Balaban J connectivity index is 0.00000256. The molecule has 0 aromatic heterocycles. The van der Waals surface area contributed by atoms with E-state index in [1.165, 1.54) is 0 Å². The first-order chi connectivity index (χ1) is 7.54. The highest BCUT2D eigenvalue weighted by Crippen LogP contribution is 2.13. The Labute approximate surface area is 113 Å². The van der Waals surface area contributed by atoms with Crippen LogP contribution in [0.3, 0.4) is 0 Å². The number of hydrogen-bond acceptors (Lipinski definition) is 2. The van der Waals surface area contributed by atoms with Crippen molar-refractivity contribution in [3.05, 3.63) is 35.1 Å². The number of carbonyl (C=O) groups excluding carboxylic acids is 1. The summed E-state index contributed by atoms with van der Waals surface area (Å²) in [6, 6.07) is 1.12. The molecule has 0 spiro atoms. The summed E-state index contributed by atoms with van der Waals surface area (Å²) < 4.78 is 42.9. The molecule has 1 aromatic carbocycles. The van der Waals surface area contributed by atoms with Crippen LogP contribution in [0.2, 0.25) is 0 Å². The van der Waals surface area contributed by atoms with Gasteiger partial charge in [0.25, 0.3) is 0 Å². The summed E-state index contributed by atoms with van der Waals surface area (Å²) in [5.41, 5.74) is -0.146. The molecule has 0 heterocycles. The molecule has 7 heteroatoms. The van der Waals surface area contributed by atoms with E-state index in [4.69, 9.17) is 0 Å². The molecule has 1 aromatic rings. The van der Waals surface area contributed by atoms with Crippen LogP contribution in [0.4, 0.5) is 18.0 Å². The number of alkyl carbamates (subject to hydrolysis) is 1. The predicted octanol–water partition coefficient (Wildman–Crippen LogP) is 2.97. The van der Waals surface area contributed by atoms with Crippen molar-refractivity contribution >= 4 is 30.1 Å². The molecule has 17 heavy (non-hydrogen) atoms. The number of ether oxygens (including phenoxy) is 1. The Bertz CT molecular complexity index is 401. The molecular formula is C10H11F3INO2. The molecule has 0 aliphatic rings. The third kappa shape index (κ3) is 4.80. The molecule has 0 unspecified atom stereocenters. The lowest BCUT2D eigenvalue weighted by Crippen LogP contribution is -2.24. The summed E-state index contributed by atoms with van der Waals surface area (Å²) in [5.74, 6) is -3.35. The monoisotopic (exact) mass is 361 g/mol. The first-order valence-electron chi connectivity index (χ1n) is 4.58. The number of amides is 1. The fraction of sp³-hybridized carbons (Fsp3) is 0.300. The molecule has 0 aliphatic heterocycles. The van der Waals surface area contributed by atoms with Gasteiger partial charge < -0.3 is 10.1 Å². The van der Waals surface area contributed by atoms with E-state index in [1.807, 2.05) is 0 Å². The molecule has 0 aliphatic carbocycles. The molecule has 0 atom stereocenters. The highest BCUT2D eigenvalue weighted by atomic mass is 127. The van der Waals surface area contributed by atoms with E-state index in [1.54, 1.807) is 6.92 Å². The molecule has 1 amide bonds. The number of carbonyl (C=O) groups is 1. The highest BCUT2D eigenvalue weighted by molar-refractivity contribution is 14.0. The van der Waals surface area contributed by atoms with Crippen LogP contribution >= 0.6 is 24.0 Å². The van der Waals surface area contributed by atoms with Gasteiger partial charge in [0.1, 0.15) is 5.82 Å². The third-order valence-corrected chi connectivity index (χ3v) is 1.79. The van der Waals surface area contributed by atoms with Crippen molar-refractivity contribution in [1.29, 1.82) is 0 Å². The molecule has 96 valence electrons.